The van der Waals surface area contributed by atoms with Gasteiger partial charge in [0.15, 0.2) is 0 Å². The fourth-order valence-corrected chi connectivity index (χ4v) is 1.17. The van der Waals surface area contributed by atoms with Gasteiger partial charge in [-0.2, -0.15) is 0 Å². The van der Waals surface area contributed by atoms with Crippen molar-refractivity contribution in [2.45, 2.75) is 19.8 Å². The van der Waals surface area contributed by atoms with Crippen molar-refractivity contribution in [2.75, 3.05) is 11.9 Å². The van der Waals surface area contributed by atoms with E-state index in [9.17, 15) is 4.79 Å². The molecule has 76 valence electrons. The van der Waals surface area contributed by atoms with E-state index < -0.39 is 0 Å². The standard InChI is InChI=1S/C11H16N2O/c1-2-11(14)13-10-5-3-9(4-6-10)7-8-12/h3-6H,2,7-8,12H2,1H3,(H,13,14). The first-order valence-corrected chi connectivity index (χ1v) is 4.85. The predicted molar refractivity (Wildman–Crippen MR) is 58.1 cm³/mol. The molecule has 0 spiro atoms. The minimum absolute atomic E-state index is 0.0385. The van der Waals surface area contributed by atoms with E-state index in [1.54, 1.807) is 0 Å². The summed E-state index contributed by atoms with van der Waals surface area (Å²) in [5, 5.41) is 2.79. The van der Waals surface area contributed by atoms with Gasteiger partial charge in [-0.25, -0.2) is 0 Å². The van der Waals surface area contributed by atoms with Crippen molar-refractivity contribution in [1.82, 2.24) is 0 Å². The van der Waals surface area contributed by atoms with E-state index in [4.69, 9.17) is 5.73 Å². The average molecular weight is 192 g/mol. The number of carbonyl (C=O) groups excluding carboxylic acids is 1. The topological polar surface area (TPSA) is 55.1 Å². The second-order valence-electron chi connectivity index (χ2n) is 3.14. The smallest absolute Gasteiger partial charge is 0.224 e. The fraction of sp³-hybridized carbons (Fsp3) is 0.364. The molecule has 0 aliphatic carbocycles. The molecule has 0 bridgehead atoms. The molecule has 0 saturated heterocycles. The van der Waals surface area contributed by atoms with Gasteiger partial charge in [-0.1, -0.05) is 19.1 Å². The van der Waals surface area contributed by atoms with Gasteiger partial charge >= 0.3 is 0 Å². The van der Waals surface area contributed by atoms with Gasteiger partial charge in [0.1, 0.15) is 0 Å². The number of nitrogens with one attached hydrogen (secondary N) is 1. The van der Waals surface area contributed by atoms with Crippen LogP contribution in [0.15, 0.2) is 24.3 Å². The molecule has 0 saturated carbocycles. The molecule has 0 aliphatic rings. The summed E-state index contributed by atoms with van der Waals surface area (Å²) in [7, 11) is 0. The third kappa shape index (κ3) is 3.18. The lowest BCUT2D eigenvalue weighted by Crippen LogP contribution is -2.09. The van der Waals surface area contributed by atoms with Crippen LogP contribution in [0.4, 0.5) is 5.69 Å². The van der Waals surface area contributed by atoms with Crippen LogP contribution in [0.25, 0.3) is 0 Å². The lowest BCUT2D eigenvalue weighted by atomic mass is 10.1. The summed E-state index contributed by atoms with van der Waals surface area (Å²) in [6.07, 6.45) is 1.38. The highest BCUT2D eigenvalue weighted by atomic mass is 16.1. The number of carbonyl (C=O) groups is 1. The first-order valence-electron chi connectivity index (χ1n) is 4.85. The molecule has 0 radical (unpaired) electrons. The molecule has 0 aromatic heterocycles. The molecule has 0 heterocycles. The average Bonchev–Trinajstić information content (AvgIpc) is 2.21. The summed E-state index contributed by atoms with van der Waals surface area (Å²) in [6, 6.07) is 7.77. The number of hydrogen-bond acceptors (Lipinski definition) is 2. The molecular formula is C11H16N2O. The van der Waals surface area contributed by atoms with Crippen molar-refractivity contribution < 1.29 is 4.79 Å². The molecule has 1 aromatic rings. The number of benzene rings is 1. The third-order valence-electron chi connectivity index (χ3n) is 1.99. The van der Waals surface area contributed by atoms with E-state index in [1.165, 1.54) is 5.56 Å². The molecule has 0 atom stereocenters. The maximum absolute atomic E-state index is 11.1. The Morgan fingerprint density at radius 2 is 2.00 bits per heavy atom. The van der Waals surface area contributed by atoms with Gasteiger partial charge in [-0.15, -0.1) is 0 Å². The molecule has 3 N–H and O–H groups in total. The maximum Gasteiger partial charge on any atom is 0.224 e. The number of anilines is 1. The van der Waals surface area contributed by atoms with Crippen molar-refractivity contribution in [2.24, 2.45) is 5.73 Å². The van der Waals surface area contributed by atoms with Crippen LogP contribution in [0, 0.1) is 0 Å². The Balaban J connectivity index is 2.59. The number of amides is 1. The van der Waals surface area contributed by atoms with Crippen LogP contribution < -0.4 is 11.1 Å². The van der Waals surface area contributed by atoms with Crippen molar-refractivity contribution in [3.05, 3.63) is 29.8 Å². The van der Waals surface area contributed by atoms with Gasteiger partial charge in [-0.05, 0) is 30.7 Å². The quantitative estimate of drug-likeness (QED) is 0.760. The van der Waals surface area contributed by atoms with Crippen LogP contribution in [-0.2, 0) is 11.2 Å². The second-order valence-corrected chi connectivity index (χ2v) is 3.14. The zero-order valence-electron chi connectivity index (χ0n) is 8.42. The van der Waals surface area contributed by atoms with Crippen LogP contribution in [0.2, 0.25) is 0 Å². The predicted octanol–water partition coefficient (Wildman–Crippen LogP) is 1.54. The van der Waals surface area contributed by atoms with Crippen LogP contribution in [-0.4, -0.2) is 12.5 Å². The summed E-state index contributed by atoms with van der Waals surface area (Å²) >= 11 is 0. The number of nitrogens with two attached hydrogens (primary N) is 1. The molecule has 3 heteroatoms. The van der Waals surface area contributed by atoms with Crippen LogP contribution >= 0.6 is 0 Å². The van der Waals surface area contributed by atoms with Crippen LogP contribution in [0.3, 0.4) is 0 Å². The molecule has 3 nitrogen and oxygen atoms in total. The molecule has 0 fully saturated rings. The molecular weight excluding hydrogens is 176 g/mol. The molecule has 0 unspecified atom stereocenters. The highest BCUT2D eigenvalue weighted by Gasteiger charge is 1.98. The fourth-order valence-electron chi connectivity index (χ4n) is 1.17. The minimum Gasteiger partial charge on any atom is -0.330 e. The van der Waals surface area contributed by atoms with E-state index in [0.29, 0.717) is 13.0 Å². The van der Waals surface area contributed by atoms with Crippen LogP contribution in [0.5, 0.6) is 0 Å². The van der Waals surface area contributed by atoms with Crippen molar-refractivity contribution >= 4 is 11.6 Å². The Morgan fingerprint density at radius 1 is 1.36 bits per heavy atom. The summed E-state index contributed by atoms with van der Waals surface area (Å²) in [4.78, 5) is 11.1. The Hall–Kier alpha value is -1.35. The van der Waals surface area contributed by atoms with Crippen LogP contribution in [0.1, 0.15) is 18.9 Å². The lowest BCUT2D eigenvalue weighted by Gasteiger charge is -2.04. The minimum atomic E-state index is 0.0385. The lowest BCUT2D eigenvalue weighted by molar-refractivity contribution is -0.115. The van der Waals surface area contributed by atoms with E-state index in [1.807, 2.05) is 31.2 Å². The number of hydrogen-bond donors (Lipinski definition) is 2. The molecule has 1 aromatic carbocycles. The highest BCUT2D eigenvalue weighted by molar-refractivity contribution is 5.90. The number of rotatable bonds is 4. The Bertz CT molecular complexity index is 293. The first kappa shape index (κ1) is 10.7. The van der Waals surface area contributed by atoms with E-state index in [2.05, 4.69) is 5.32 Å². The molecule has 14 heavy (non-hydrogen) atoms. The third-order valence-corrected chi connectivity index (χ3v) is 1.99. The normalized spacial score (nSPS) is 9.86. The Labute approximate surface area is 84.3 Å². The van der Waals surface area contributed by atoms with Gasteiger partial charge in [0.25, 0.3) is 0 Å². The zero-order valence-corrected chi connectivity index (χ0v) is 8.42. The van der Waals surface area contributed by atoms with Gasteiger partial charge in [0, 0.05) is 12.1 Å². The van der Waals surface area contributed by atoms with Crippen molar-refractivity contribution in [3.8, 4) is 0 Å². The summed E-state index contributed by atoms with van der Waals surface area (Å²) in [5.41, 5.74) is 7.47. The SMILES string of the molecule is CCC(=O)Nc1ccc(CCN)cc1. The second kappa shape index (κ2) is 5.40. The van der Waals surface area contributed by atoms with Gasteiger partial charge in [0.2, 0.25) is 5.91 Å². The van der Waals surface area contributed by atoms with Gasteiger partial charge in [0.05, 0.1) is 0 Å². The zero-order chi connectivity index (χ0) is 10.4. The molecule has 1 amide bonds. The summed E-state index contributed by atoms with van der Waals surface area (Å²) in [6.45, 7) is 2.48. The van der Waals surface area contributed by atoms with E-state index >= 15 is 0 Å². The molecule has 1 rings (SSSR count). The summed E-state index contributed by atoms with van der Waals surface area (Å²) < 4.78 is 0. The van der Waals surface area contributed by atoms with E-state index in [-0.39, 0.29) is 5.91 Å². The van der Waals surface area contributed by atoms with Gasteiger partial charge < -0.3 is 11.1 Å². The maximum atomic E-state index is 11.1. The van der Waals surface area contributed by atoms with Crippen molar-refractivity contribution in [3.63, 3.8) is 0 Å². The first-order chi connectivity index (χ1) is 6.76. The monoisotopic (exact) mass is 192 g/mol. The Kier molecular flexibility index (Phi) is 4.13. The molecule has 0 aliphatic heterocycles. The highest BCUT2D eigenvalue weighted by Crippen LogP contribution is 2.09. The Morgan fingerprint density at radius 3 is 2.50 bits per heavy atom. The largest absolute Gasteiger partial charge is 0.330 e. The van der Waals surface area contributed by atoms with Crippen molar-refractivity contribution in [1.29, 1.82) is 0 Å². The van der Waals surface area contributed by atoms with Gasteiger partial charge in [-0.3, -0.25) is 4.79 Å². The van der Waals surface area contributed by atoms with E-state index in [0.717, 1.165) is 12.1 Å². The summed E-state index contributed by atoms with van der Waals surface area (Å²) in [5.74, 6) is 0.0385.